The van der Waals surface area contributed by atoms with E-state index in [1.165, 1.54) is 43.8 Å². The summed E-state index contributed by atoms with van der Waals surface area (Å²) >= 11 is 2.14. The van der Waals surface area contributed by atoms with Crippen molar-refractivity contribution in [3.05, 3.63) is 30.1 Å². The molecule has 1 unspecified atom stereocenters. The zero-order valence-electron chi connectivity index (χ0n) is 14.8. The summed E-state index contributed by atoms with van der Waals surface area (Å²) in [6, 6.07) is 6.17. The van der Waals surface area contributed by atoms with Crippen LogP contribution in [0.15, 0.2) is 24.4 Å². The number of halogens is 3. The maximum atomic E-state index is 10.6. The SMILES string of the molecule is O=C(O)C(F)(F)F.c1ccc(CN2CC3(CC(OCC4CC4)CS3)C2)nc1. The second-order valence-electron chi connectivity index (χ2n) is 7.37. The summed E-state index contributed by atoms with van der Waals surface area (Å²) in [4.78, 5) is 15.8. The molecule has 3 fully saturated rings. The van der Waals surface area contributed by atoms with Crippen molar-refractivity contribution in [1.29, 1.82) is 0 Å². The summed E-state index contributed by atoms with van der Waals surface area (Å²) in [5, 5.41) is 7.12. The number of alkyl halides is 3. The van der Waals surface area contributed by atoms with Gasteiger partial charge in [-0.05, 0) is 37.3 Å². The molecule has 1 aromatic rings. The summed E-state index contributed by atoms with van der Waals surface area (Å²) in [7, 11) is 0. The normalized spacial score (nSPS) is 24.2. The average molecular weight is 404 g/mol. The molecular formula is C18H23F3N2O3S. The lowest BCUT2D eigenvalue weighted by atomic mass is 9.93. The molecule has 5 nitrogen and oxygen atoms in total. The monoisotopic (exact) mass is 404 g/mol. The molecule has 1 atom stereocenters. The van der Waals surface area contributed by atoms with E-state index in [-0.39, 0.29) is 0 Å². The summed E-state index contributed by atoms with van der Waals surface area (Å²) in [5.41, 5.74) is 1.19. The smallest absolute Gasteiger partial charge is 0.475 e. The van der Waals surface area contributed by atoms with E-state index >= 15 is 0 Å². The van der Waals surface area contributed by atoms with Crippen molar-refractivity contribution in [2.24, 2.45) is 5.92 Å². The standard InChI is InChI=1S/C16H22N2OS.C2HF3O2/c1-2-6-17-14(3-1)8-18-11-16(12-18)7-15(10-20-16)19-9-13-4-5-13;3-2(4,5)1(6)7/h1-3,6,13,15H,4-5,7-12H2;(H,6,7). The van der Waals surface area contributed by atoms with Crippen molar-refractivity contribution < 1.29 is 27.8 Å². The molecule has 1 saturated carbocycles. The molecule has 4 rings (SSSR count). The molecule has 1 aromatic heterocycles. The number of hydrogen-bond acceptors (Lipinski definition) is 5. The fraction of sp³-hybridized carbons (Fsp3) is 0.667. The molecule has 2 aliphatic heterocycles. The van der Waals surface area contributed by atoms with Crippen LogP contribution in [0.2, 0.25) is 0 Å². The van der Waals surface area contributed by atoms with Crippen molar-refractivity contribution in [2.45, 2.75) is 42.8 Å². The van der Waals surface area contributed by atoms with Crippen molar-refractivity contribution in [1.82, 2.24) is 9.88 Å². The molecule has 0 amide bonds. The molecule has 9 heteroatoms. The zero-order valence-corrected chi connectivity index (χ0v) is 15.6. The van der Waals surface area contributed by atoms with E-state index in [0.29, 0.717) is 10.9 Å². The molecular weight excluding hydrogens is 381 g/mol. The van der Waals surface area contributed by atoms with Crippen LogP contribution in [-0.2, 0) is 16.1 Å². The van der Waals surface area contributed by atoms with E-state index < -0.39 is 12.1 Å². The van der Waals surface area contributed by atoms with Crippen molar-refractivity contribution >= 4 is 17.7 Å². The van der Waals surface area contributed by atoms with Crippen LogP contribution in [0.25, 0.3) is 0 Å². The van der Waals surface area contributed by atoms with Gasteiger partial charge in [0.2, 0.25) is 0 Å². The van der Waals surface area contributed by atoms with Crippen LogP contribution in [0.3, 0.4) is 0 Å². The molecule has 0 aromatic carbocycles. The lowest BCUT2D eigenvalue weighted by Crippen LogP contribution is -2.58. The molecule has 0 bridgehead atoms. The first-order valence-corrected chi connectivity index (χ1v) is 9.92. The molecule has 3 aliphatic rings. The molecule has 1 N–H and O–H groups in total. The number of rotatable bonds is 5. The number of ether oxygens (including phenoxy) is 1. The quantitative estimate of drug-likeness (QED) is 0.813. The number of carboxylic acids is 1. The van der Waals surface area contributed by atoms with Gasteiger partial charge in [0.25, 0.3) is 0 Å². The van der Waals surface area contributed by atoms with Crippen LogP contribution in [0.5, 0.6) is 0 Å². The van der Waals surface area contributed by atoms with Crippen LogP contribution in [0, 0.1) is 5.92 Å². The van der Waals surface area contributed by atoms with Gasteiger partial charge in [-0.2, -0.15) is 13.2 Å². The predicted molar refractivity (Wildman–Crippen MR) is 95.5 cm³/mol. The number of thioether (sulfide) groups is 1. The number of pyridine rings is 1. The van der Waals surface area contributed by atoms with E-state index in [1.54, 1.807) is 0 Å². The molecule has 150 valence electrons. The highest BCUT2D eigenvalue weighted by Gasteiger charge is 2.49. The molecule has 2 saturated heterocycles. The Balaban J connectivity index is 0.000000260. The summed E-state index contributed by atoms with van der Waals surface area (Å²) in [6.07, 6.45) is 1.35. The van der Waals surface area contributed by atoms with E-state index in [9.17, 15) is 13.2 Å². The van der Waals surface area contributed by atoms with Crippen LogP contribution in [0.4, 0.5) is 13.2 Å². The molecule has 1 aliphatic carbocycles. The Hall–Kier alpha value is -1.32. The van der Waals surface area contributed by atoms with Crippen LogP contribution >= 0.6 is 11.8 Å². The maximum absolute atomic E-state index is 10.6. The lowest BCUT2D eigenvalue weighted by molar-refractivity contribution is -0.192. The third-order valence-corrected chi connectivity index (χ3v) is 6.39. The Bertz CT molecular complexity index is 634. The highest BCUT2D eigenvalue weighted by atomic mass is 32.2. The van der Waals surface area contributed by atoms with Gasteiger partial charge in [-0.25, -0.2) is 4.79 Å². The Labute approximate surface area is 160 Å². The minimum absolute atomic E-state index is 0.489. The largest absolute Gasteiger partial charge is 0.490 e. The molecule has 1 spiro atoms. The van der Waals surface area contributed by atoms with Crippen LogP contribution in [-0.4, -0.2) is 63.4 Å². The minimum Gasteiger partial charge on any atom is -0.475 e. The number of aliphatic carboxylic acids is 1. The fourth-order valence-electron chi connectivity index (χ4n) is 3.29. The van der Waals surface area contributed by atoms with E-state index in [4.69, 9.17) is 14.6 Å². The number of hydrogen-bond donors (Lipinski definition) is 1. The average Bonchev–Trinajstić information content (AvgIpc) is 3.32. The van der Waals surface area contributed by atoms with Gasteiger partial charge in [0.15, 0.2) is 0 Å². The van der Waals surface area contributed by atoms with Gasteiger partial charge in [-0.15, -0.1) is 11.8 Å². The summed E-state index contributed by atoms with van der Waals surface area (Å²) in [5.74, 6) is -0.671. The first-order valence-electron chi connectivity index (χ1n) is 8.94. The number of carboxylic acid groups (broad SMARTS) is 1. The second-order valence-corrected chi connectivity index (χ2v) is 8.85. The van der Waals surface area contributed by atoms with Crippen molar-refractivity contribution in [3.8, 4) is 0 Å². The summed E-state index contributed by atoms with van der Waals surface area (Å²) < 4.78 is 38.3. The molecule has 27 heavy (non-hydrogen) atoms. The Morgan fingerprint density at radius 3 is 2.63 bits per heavy atom. The predicted octanol–water partition coefficient (Wildman–Crippen LogP) is 3.20. The summed E-state index contributed by atoms with van der Waals surface area (Å²) in [6.45, 7) is 4.42. The number of nitrogens with zero attached hydrogens (tertiary/aromatic N) is 2. The lowest BCUT2D eigenvalue weighted by Gasteiger charge is -2.47. The van der Waals surface area contributed by atoms with Crippen molar-refractivity contribution in [2.75, 3.05) is 25.4 Å². The van der Waals surface area contributed by atoms with Gasteiger partial charge in [-0.3, -0.25) is 9.88 Å². The first-order chi connectivity index (χ1) is 12.8. The van der Waals surface area contributed by atoms with Crippen LogP contribution in [0.1, 0.15) is 25.0 Å². The molecule has 0 radical (unpaired) electrons. The Morgan fingerprint density at radius 1 is 1.37 bits per heavy atom. The van der Waals surface area contributed by atoms with Gasteiger partial charge in [-0.1, -0.05) is 6.07 Å². The number of likely N-dealkylation sites (tertiary alicyclic amines) is 1. The third-order valence-electron chi connectivity index (χ3n) is 4.82. The Morgan fingerprint density at radius 2 is 2.07 bits per heavy atom. The fourth-order valence-corrected chi connectivity index (χ4v) is 4.89. The van der Waals surface area contributed by atoms with Gasteiger partial charge in [0, 0.05) is 42.9 Å². The van der Waals surface area contributed by atoms with Crippen LogP contribution < -0.4 is 0 Å². The minimum atomic E-state index is -5.08. The highest BCUT2D eigenvalue weighted by Crippen LogP contribution is 2.46. The van der Waals surface area contributed by atoms with E-state index in [0.717, 1.165) is 19.1 Å². The number of carbonyl (C=O) groups is 1. The van der Waals surface area contributed by atoms with Gasteiger partial charge >= 0.3 is 12.1 Å². The second kappa shape index (κ2) is 8.36. The molecule has 3 heterocycles. The topological polar surface area (TPSA) is 62.7 Å². The maximum Gasteiger partial charge on any atom is 0.490 e. The number of aromatic nitrogens is 1. The van der Waals surface area contributed by atoms with E-state index in [1.807, 2.05) is 12.3 Å². The van der Waals surface area contributed by atoms with Gasteiger partial charge in [0.1, 0.15) is 0 Å². The highest BCUT2D eigenvalue weighted by molar-refractivity contribution is 8.01. The first kappa shape index (κ1) is 20.4. The van der Waals surface area contributed by atoms with E-state index in [2.05, 4.69) is 33.8 Å². The van der Waals surface area contributed by atoms with Crippen molar-refractivity contribution in [3.63, 3.8) is 0 Å². The van der Waals surface area contributed by atoms with Gasteiger partial charge < -0.3 is 9.84 Å². The Kier molecular flexibility index (Phi) is 6.32. The van der Waals surface area contributed by atoms with Gasteiger partial charge in [0.05, 0.1) is 11.8 Å². The third kappa shape index (κ3) is 6.08. The zero-order chi connectivity index (χ0) is 19.5.